The number of carbonyl (C=O) groups is 2. The maximum absolute atomic E-state index is 13.9. The summed E-state index contributed by atoms with van der Waals surface area (Å²) in [5, 5.41) is 0. The van der Waals surface area contributed by atoms with E-state index in [9.17, 15) is 18.4 Å². The molecule has 0 radical (unpaired) electrons. The Balaban J connectivity index is 1.88. The van der Waals surface area contributed by atoms with Crippen molar-refractivity contribution >= 4 is 11.8 Å². The predicted molar refractivity (Wildman–Crippen MR) is 88.8 cm³/mol. The van der Waals surface area contributed by atoms with Gasteiger partial charge in [0.2, 0.25) is 5.91 Å². The van der Waals surface area contributed by atoms with Crippen molar-refractivity contribution in [2.45, 2.75) is 13.0 Å². The van der Waals surface area contributed by atoms with Crippen LogP contribution in [0, 0.1) is 11.6 Å². The number of amides is 2. The van der Waals surface area contributed by atoms with Gasteiger partial charge in [-0.15, -0.1) is 0 Å². The highest BCUT2D eigenvalue weighted by Crippen LogP contribution is 2.27. The van der Waals surface area contributed by atoms with E-state index in [1.807, 2.05) is 30.3 Å². The number of halogens is 2. The Bertz CT molecular complexity index is 795. The first kappa shape index (κ1) is 17.1. The van der Waals surface area contributed by atoms with Gasteiger partial charge in [-0.05, 0) is 23.8 Å². The van der Waals surface area contributed by atoms with Crippen molar-refractivity contribution in [3.63, 3.8) is 0 Å². The van der Waals surface area contributed by atoms with Gasteiger partial charge in [-0.25, -0.2) is 8.78 Å². The maximum Gasteiger partial charge on any atom is 0.257 e. The number of rotatable bonds is 2. The first-order valence-corrected chi connectivity index (χ1v) is 8.04. The van der Waals surface area contributed by atoms with E-state index in [2.05, 4.69) is 0 Å². The van der Waals surface area contributed by atoms with Crippen LogP contribution in [0.3, 0.4) is 0 Å². The molecule has 130 valence electrons. The largest absolute Gasteiger partial charge is 0.334 e. The number of carbonyl (C=O) groups excluding carboxylic acids is 2. The molecule has 1 aliphatic rings. The summed E-state index contributed by atoms with van der Waals surface area (Å²) in [7, 11) is 0. The molecule has 1 fully saturated rings. The molecule has 0 aromatic heterocycles. The van der Waals surface area contributed by atoms with Crippen molar-refractivity contribution in [3.8, 4) is 0 Å². The fourth-order valence-electron chi connectivity index (χ4n) is 3.14. The minimum absolute atomic E-state index is 0.0853. The Hall–Kier alpha value is -2.76. The van der Waals surface area contributed by atoms with Crippen LogP contribution in [0.2, 0.25) is 0 Å². The van der Waals surface area contributed by atoms with Crippen LogP contribution < -0.4 is 0 Å². The molecule has 6 heteroatoms. The lowest BCUT2D eigenvalue weighted by Gasteiger charge is -2.41. The lowest BCUT2D eigenvalue weighted by molar-refractivity contribution is -0.133. The number of benzene rings is 2. The number of piperazine rings is 1. The zero-order chi connectivity index (χ0) is 18.0. The van der Waals surface area contributed by atoms with E-state index >= 15 is 0 Å². The fraction of sp³-hybridized carbons (Fsp3) is 0.263. The zero-order valence-corrected chi connectivity index (χ0v) is 13.8. The molecule has 1 atom stereocenters. The van der Waals surface area contributed by atoms with Crippen LogP contribution in [0.1, 0.15) is 28.9 Å². The van der Waals surface area contributed by atoms with E-state index < -0.39 is 17.5 Å². The Morgan fingerprint density at radius 2 is 1.76 bits per heavy atom. The van der Waals surface area contributed by atoms with Crippen molar-refractivity contribution in [2.24, 2.45) is 0 Å². The average Bonchev–Trinajstić information content (AvgIpc) is 2.63. The number of hydrogen-bond donors (Lipinski definition) is 0. The summed E-state index contributed by atoms with van der Waals surface area (Å²) in [5.74, 6) is -2.07. The predicted octanol–water partition coefficient (Wildman–Crippen LogP) is 3.01. The summed E-state index contributed by atoms with van der Waals surface area (Å²) in [6.45, 7) is 2.34. The molecule has 2 aromatic rings. The summed E-state index contributed by atoms with van der Waals surface area (Å²) < 4.78 is 27.3. The molecule has 0 spiro atoms. The van der Waals surface area contributed by atoms with Gasteiger partial charge in [-0.1, -0.05) is 30.3 Å². The van der Waals surface area contributed by atoms with Crippen LogP contribution in [-0.4, -0.2) is 41.2 Å². The summed E-state index contributed by atoms with van der Waals surface area (Å²) in [6.07, 6.45) is 0. The van der Waals surface area contributed by atoms with Crippen LogP contribution >= 0.6 is 0 Å². The van der Waals surface area contributed by atoms with Gasteiger partial charge in [0.1, 0.15) is 11.6 Å². The first-order chi connectivity index (χ1) is 12.0. The van der Waals surface area contributed by atoms with Gasteiger partial charge >= 0.3 is 0 Å². The van der Waals surface area contributed by atoms with Gasteiger partial charge in [0.15, 0.2) is 0 Å². The molecule has 0 aliphatic carbocycles. The molecule has 0 saturated carbocycles. The second kappa shape index (κ2) is 7.01. The van der Waals surface area contributed by atoms with Crippen molar-refractivity contribution in [2.75, 3.05) is 19.6 Å². The standard InChI is InChI=1S/C19H18F2N2O2/c1-13(24)23-10-9-22(12-18(23)14-5-3-2-4-6-14)19(25)16-11-15(20)7-8-17(16)21/h2-8,11,18H,9-10,12H2,1H3/t18-/m0/s1. The summed E-state index contributed by atoms with van der Waals surface area (Å²) >= 11 is 0. The van der Waals surface area contributed by atoms with Crippen molar-refractivity contribution in [1.29, 1.82) is 0 Å². The molecule has 1 saturated heterocycles. The van der Waals surface area contributed by atoms with Gasteiger partial charge in [-0.2, -0.15) is 0 Å². The quantitative estimate of drug-likeness (QED) is 0.840. The molecule has 4 nitrogen and oxygen atoms in total. The summed E-state index contributed by atoms with van der Waals surface area (Å²) in [5.41, 5.74) is 0.609. The van der Waals surface area contributed by atoms with Gasteiger partial charge in [0, 0.05) is 26.6 Å². The Morgan fingerprint density at radius 1 is 1.04 bits per heavy atom. The number of hydrogen-bond acceptors (Lipinski definition) is 2. The summed E-state index contributed by atoms with van der Waals surface area (Å²) in [6, 6.07) is 11.9. The maximum atomic E-state index is 13.9. The second-order valence-electron chi connectivity index (χ2n) is 6.01. The molecule has 2 amide bonds. The first-order valence-electron chi connectivity index (χ1n) is 8.04. The van der Waals surface area contributed by atoms with E-state index in [0.717, 1.165) is 23.8 Å². The molecule has 0 N–H and O–H groups in total. The Labute approximate surface area is 144 Å². The van der Waals surface area contributed by atoms with E-state index in [0.29, 0.717) is 6.54 Å². The van der Waals surface area contributed by atoms with Crippen LogP contribution in [-0.2, 0) is 4.79 Å². The monoisotopic (exact) mass is 344 g/mol. The van der Waals surface area contributed by atoms with Gasteiger partial charge in [-0.3, -0.25) is 9.59 Å². The highest BCUT2D eigenvalue weighted by atomic mass is 19.1. The molecular weight excluding hydrogens is 326 g/mol. The topological polar surface area (TPSA) is 40.6 Å². The minimum Gasteiger partial charge on any atom is -0.334 e. The Kier molecular flexibility index (Phi) is 4.79. The van der Waals surface area contributed by atoms with Gasteiger partial charge in [0.05, 0.1) is 11.6 Å². The van der Waals surface area contributed by atoms with E-state index in [1.165, 1.54) is 11.8 Å². The highest BCUT2D eigenvalue weighted by Gasteiger charge is 2.33. The molecular formula is C19H18F2N2O2. The average molecular weight is 344 g/mol. The third-order valence-electron chi connectivity index (χ3n) is 4.42. The zero-order valence-electron chi connectivity index (χ0n) is 13.8. The molecule has 2 aromatic carbocycles. The van der Waals surface area contributed by atoms with Crippen molar-refractivity contribution in [3.05, 3.63) is 71.3 Å². The van der Waals surface area contributed by atoms with E-state index in [4.69, 9.17) is 0 Å². The third-order valence-corrected chi connectivity index (χ3v) is 4.42. The second-order valence-corrected chi connectivity index (χ2v) is 6.01. The Morgan fingerprint density at radius 3 is 2.44 bits per heavy atom. The van der Waals surface area contributed by atoms with Crippen LogP contribution in [0.4, 0.5) is 8.78 Å². The smallest absolute Gasteiger partial charge is 0.257 e. The van der Waals surface area contributed by atoms with Crippen LogP contribution in [0.15, 0.2) is 48.5 Å². The third kappa shape index (κ3) is 3.52. The lowest BCUT2D eigenvalue weighted by atomic mass is 10.0. The highest BCUT2D eigenvalue weighted by molar-refractivity contribution is 5.94. The molecule has 1 aliphatic heterocycles. The molecule has 25 heavy (non-hydrogen) atoms. The molecule has 0 bridgehead atoms. The molecule has 0 unspecified atom stereocenters. The van der Waals surface area contributed by atoms with Crippen LogP contribution in [0.25, 0.3) is 0 Å². The molecule has 1 heterocycles. The van der Waals surface area contributed by atoms with E-state index in [1.54, 1.807) is 4.90 Å². The molecule has 3 rings (SSSR count). The fourth-order valence-corrected chi connectivity index (χ4v) is 3.14. The van der Waals surface area contributed by atoms with Crippen molar-refractivity contribution in [1.82, 2.24) is 9.80 Å². The van der Waals surface area contributed by atoms with Gasteiger partial charge < -0.3 is 9.80 Å². The minimum atomic E-state index is -0.753. The van der Waals surface area contributed by atoms with E-state index in [-0.39, 0.29) is 30.6 Å². The van der Waals surface area contributed by atoms with Crippen molar-refractivity contribution < 1.29 is 18.4 Å². The van der Waals surface area contributed by atoms with Gasteiger partial charge in [0.25, 0.3) is 5.91 Å². The summed E-state index contributed by atoms with van der Waals surface area (Å²) in [4.78, 5) is 27.7. The number of nitrogens with zero attached hydrogens (tertiary/aromatic N) is 2. The SMILES string of the molecule is CC(=O)N1CCN(C(=O)c2cc(F)ccc2F)C[C@H]1c1ccccc1. The lowest BCUT2D eigenvalue weighted by Crippen LogP contribution is -2.52. The van der Waals surface area contributed by atoms with Crippen LogP contribution in [0.5, 0.6) is 0 Å². The normalized spacial score (nSPS) is 17.5.